The van der Waals surface area contributed by atoms with Crippen LogP contribution in [0, 0.1) is 10.1 Å². The lowest BCUT2D eigenvalue weighted by Crippen LogP contribution is -2.30. The standard InChI is InChI=1S/C18H20BNO6/c21-19-18-15(17(26-19)12-20(22)23)8-4-9-16(18)25-11-5-10-24-13-14-6-2-1-3-7-14/h1-4,6-9,17,21H,5,10-13H2/t17-/m1/s1. The van der Waals surface area contributed by atoms with Crippen LogP contribution >= 0.6 is 0 Å². The molecule has 0 unspecified atom stereocenters. The molecule has 1 heterocycles. The molecule has 1 N–H and O–H groups in total. The molecule has 0 aromatic heterocycles. The van der Waals surface area contributed by atoms with Gasteiger partial charge in [0.2, 0.25) is 6.54 Å². The summed E-state index contributed by atoms with van der Waals surface area (Å²) in [5.74, 6) is 0.490. The van der Waals surface area contributed by atoms with Crippen molar-refractivity contribution in [3.63, 3.8) is 0 Å². The first-order valence-electron chi connectivity index (χ1n) is 8.47. The summed E-state index contributed by atoms with van der Waals surface area (Å²) in [6.07, 6.45) is -0.0704. The second-order valence-electron chi connectivity index (χ2n) is 5.99. The van der Waals surface area contributed by atoms with E-state index in [1.807, 2.05) is 30.3 Å². The summed E-state index contributed by atoms with van der Waals surface area (Å²) in [7, 11) is -1.21. The van der Waals surface area contributed by atoms with Gasteiger partial charge in [-0.2, -0.15) is 0 Å². The molecule has 1 aliphatic heterocycles. The topological polar surface area (TPSA) is 91.1 Å². The van der Waals surface area contributed by atoms with Crippen molar-refractivity contribution in [2.75, 3.05) is 19.8 Å². The number of fused-ring (bicyclic) bond motifs is 1. The molecule has 2 aromatic rings. The van der Waals surface area contributed by atoms with Gasteiger partial charge < -0.3 is 19.2 Å². The quantitative estimate of drug-likeness (QED) is 0.318. The first kappa shape index (κ1) is 18.4. The number of nitro groups is 1. The summed E-state index contributed by atoms with van der Waals surface area (Å²) < 4.78 is 16.6. The molecule has 0 saturated carbocycles. The van der Waals surface area contributed by atoms with Gasteiger partial charge in [0.05, 0.1) is 19.8 Å². The van der Waals surface area contributed by atoms with Crippen molar-refractivity contribution in [2.45, 2.75) is 19.1 Å². The highest BCUT2D eigenvalue weighted by Crippen LogP contribution is 2.27. The summed E-state index contributed by atoms with van der Waals surface area (Å²) in [5, 5.41) is 20.8. The molecule has 0 aliphatic carbocycles. The van der Waals surface area contributed by atoms with Gasteiger partial charge in [-0.05, 0) is 17.2 Å². The van der Waals surface area contributed by atoms with E-state index in [2.05, 4.69) is 0 Å². The molecule has 8 heteroatoms. The second-order valence-corrected chi connectivity index (χ2v) is 5.99. The fourth-order valence-electron chi connectivity index (χ4n) is 2.91. The maximum absolute atomic E-state index is 10.7. The predicted molar refractivity (Wildman–Crippen MR) is 95.9 cm³/mol. The molecule has 1 aliphatic rings. The second kappa shape index (κ2) is 8.80. The van der Waals surface area contributed by atoms with E-state index in [9.17, 15) is 15.1 Å². The lowest BCUT2D eigenvalue weighted by atomic mass is 9.78. The smallest absolute Gasteiger partial charge is 0.494 e. The zero-order valence-electron chi connectivity index (χ0n) is 14.2. The summed E-state index contributed by atoms with van der Waals surface area (Å²) >= 11 is 0. The molecule has 0 spiro atoms. The molecule has 7 nitrogen and oxygen atoms in total. The van der Waals surface area contributed by atoms with Gasteiger partial charge in [-0.1, -0.05) is 42.5 Å². The lowest BCUT2D eigenvalue weighted by molar-refractivity contribution is -0.490. The van der Waals surface area contributed by atoms with Crippen molar-refractivity contribution in [1.29, 1.82) is 0 Å². The zero-order chi connectivity index (χ0) is 18.4. The predicted octanol–water partition coefficient (Wildman–Crippen LogP) is 1.71. The first-order chi connectivity index (χ1) is 12.6. The number of hydrogen-bond donors (Lipinski definition) is 1. The van der Waals surface area contributed by atoms with Crippen molar-refractivity contribution in [3.05, 3.63) is 69.8 Å². The van der Waals surface area contributed by atoms with Gasteiger partial charge in [0, 0.05) is 16.8 Å². The van der Waals surface area contributed by atoms with Gasteiger partial charge in [0.25, 0.3) is 0 Å². The van der Waals surface area contributed by atoms with Crippen molar-refractivity contribution < 1.29 is 24.1 Å². The van der Waals surface area contributed by atoms with Crippen LogP contribution in [0.15, 0.2) is 48.5 Å². The van der Waals surface area contributed by atoms with Crippen LogP contribution in [0.25, 0.3) is 0 Å². The van der Waals surface area contributed by atoms with E-state index in [-0.39, 0.29) is 6.54 Å². The minimum Gasteiger partial charge on any atom is -0.494 e. The van der Waals surface area contributed by atoms with Crippen molar-refractivity contribution in [2.24, 2.45) is 0 Å². The maximum Gasteiger partial charge on any atom is 0.496 e. The Bertz CT molecular complexity index is 742. The van der Waals surface area contributed by atoms with E-state index < -0.39 is 18.1 Å². The van der Waals surface area contributed by atoms with E-state index >= 15 is 0 Å². The molecule has 0 radical (unpaired) electrons. The van der Waals surface area contributed by atoms with Gasteiger partial charge in [-0.15, -0.1) is 0 Å². The highest BCUT2D eigenvalue weighted by Gasteiger charge is 2.40. The fourth-order valence-corrected chi connectivity index (χ4v) is 2.91. The zero-order valence-corrected chi connectivity index (χ0v) is 14.2. The van der Waals surface area contributed by atoms with Crippen molar-refractivity contribution >= 4 is 12.6 Å². The molecule has 3 rings (SSSR count). The molecular weight excluding hydrogens is 337 g/mol. The Balaban J connectivity index is 1.48. The van der Waals surface area contributed by atoms with Crippen LogP contribution in [-0.4, -0.2) is 36.8 Å². The Hall–Kier alpha value is -2.42. The van der Waals surface area contributed by atoms with Crippen LogP contribution in [0.1, 0.15) is 23.7 Å². The molecule has 2 aromatic carbocycles. The Labute approximate surface area is 151 Å². The maximum atomic E-state index is 10.7. The van der Waals surface area contributed by atoms with Gasteiger partial charge in [0.15, 0.2) is 0 Å². The average Bonchev–Trinajstić information content (AvgIpc) is 2.95. The van der Waals surface area contributed by atoms with Crippen LogP contribution in [-0.2, 0) is 16.0 Å². The van der Waals surface area contributed by atoms with E-state index in [4.69, 9.17) is 14.1 Å². The molecule has 0 saturated heterocycles. The first-order valence-corrected chi connectivity index (χ1v) is 8.47. The minimum atomic E-state index is -1.21. The van der Waals surface area contributed by atoms with Crippen LogP contribution in [0.4, 0.5) is 0 Å². The average molecular weight is 357 g/mol. The molecule has 0 amide bonds. The number of ether oxygens (including phenoxy) is 2. The summed E-state index contributed by atoms with van der Waals surface area (Å²) in [4.78, 5) is 10.3. The summed E-state index contributed by atoms with van der Waals surface area (Å²) in [6.45, 7) is 1.13. The van der Waals surface area contributed by atoms with E-state index in [0.29, 0.717) is 43.0 Å². The fraction of sp³-hybridized carbons (Fsp3) is 0.333. The summed E-state index contributed by atoms with van der Waals surface area (Å²) in [6, 6.07) is 15.1. The molecule has 0 bridgehead atoms. The highest BCUT2D eigenvalue weighted by molar-refractivity contribution is 6.62. The highest BCUT2D eigenvalue weighted by atomic mass is 16.6. The molecule has 26 heavy (non-hydrogen) atoms. The SMILES string of the molecule is O=[N+]([O-])C[C@H]1OB(O)c2c(OCCCOCc3ccccc3)cccc21. The lowest BCUT2D eigenvalue weighted by Gasteiger charge is -2.11. The Morgan fingerprint density at radius 1 is 1.15 bits per heavy atom. The molecule has 136 valence electrons. The summed E-state index contributed by atoms with van der Waals surface area (Å²) in [5.41, 5.74) is 2.20. The Kier molecular flexibility index (Phi) is 6.22. The molecule has 1 atom stereocenters. The monoisotopic (exact) mass is 357 g/mol. The van der Waals surface area contributed by atoms with Crippen molar-refractivity contribution in [1.82, 2.24) is 0 Å². The van der Waals surface area contributed by atoms with Crippen LogP contribution in [0.3, 0.4) is 0 Å². The van der Waals surface area contributed by atoms with E-state index in [1.165, 1.54) is 0 Å². The van der Waals surface area contributed by atoms with Crippen molar-refractivity contribution in [3.8, 4) is 5.75 Å². The van der Waals surface area contributed by atoms with Gasteiger partial charge in [-0.25, -0.2) is 0 Å². The van der Waals surface area contributed by atoms with E-state index in [0.717, 1.165) is 5.56 Å². The van der Waals surface area contributed by atoms with Gasteiger partial charge >= 0.3 is 7.12 Å². The van der Waals surface area contributed by atoms with Gasteiger partial charge in [0.1, 0.15) is 11.9 Å². The van der Waals surface area contributed by atoms with Crippen LogP contribution < -0.4 is 10.2 Å². The Morgan fingerprint density at radius 3 is 2.73 bits per heavy atom. The van der Waals surface area contributed by atoms with Crippen LogP contribution in [0.5, 0.6) is 5.75 Å². The number of hydrogen-bond acceptors (Lipinski definition) is 6. The molecule has 0 fully saturated rings. The minimum absolute atomic E-state index is 0.388. The normalized spacial score (nSPS) is 15.7. The third-order valence-corrected chi connectivity index (χ3v) is 4.10. The molecular formula is C18H20BNO6. The third kappa shape index (κ3) is 4.60. The number of rotatable bonds is 9. The number of nitrogens with zero attached hydrogens (tertiary/aromatic N) is 1. The Morgan fingerprint density at radius 2 is 1.96 bits per heavy atom. The third-order valence-electron chi connectivity index (χ3n) is 4.10. The van der Waals surface area contributed by atoms with Gasteiger partial charge in [-0.3, -0.25) is 10.1 Å². The largest absolute Gasteiger partial charge is 0.496 e. The number of benzene rings is 2. The van der Waals surface area contributed by atoms with Crippen LogP contribution in [0.2, 0.25) is 0 Å². The van der Waals surface area contributed by atoms with E-state index in [1.54, 1.807) is 18.2 Å².